The number of aromatic nitrogens is 1. The molecular weight excluding hydrogens is 202 g/mol. The minimum absolute atomic E-state index is 0.304. The average Bonchev–Trinajstić information content (AvgIpc) is 2.71. The summed E-state index contributed by atoms with van der Waals surface area (Å²) in [4.78, 5) is 11.1. The maximum atomic E-state index is 11.1. The minimum Gasteiger partial charge on any atom is -0.423 e. The molecule has 0 N–H and O–H groups in total. The molecule has 0 aliphatic heterocycles. The third-order valence-corrected chi connectivity index (χ3v) is 2.89. The first-order valence-corrected chi connectivity index (χ1v) is 5.31. The molecule has 0 saturated carbocycles. The molecule has 0 bridgehead atoms. The largest absolute Gasteiger partial charge is 0.423 e. The van der Waals surface area contributed by atoms with Crippen LogP contribution < -0.4 is 5.63 Å². The summed E-state index contributed by atoms with van der Waals surface area (Å²) in [6.45, 7) is 3.04. The van der Waals surface area contributed by atoms with Crippen LogP contribution in [-0.2, 0) is 6.54 Å². The van der Waals surface area contributed by atoms with Crippen LogP contribution in [-0.4, -0.2) is 4.57 Å². The van der Waals surface area contributed by atoms with Gasteiger partial charge in [-0.2, -0.15) is 0 Å². The molecule has 3 heteroatoms. The van der Waals surface area contributed by atoms with Crippen LogP contribution in [0.2, 0.25) is 0 Å². The molecule has 0 saturated heterocycles. The number of benzene rings is 1. The zero-order valence-electron chi connectivity index (χ0n) is 8.93. The van der Waals surface area contributed by atoms with E-state index < -0.39 is 0 Å². The summed E-state index contributed by atoms with van der Waals surface area (Å²) in [6, 6.07) is 9.19. The lowest BCUT2D eigenvalue weighted by Gasteiger charge is -2.01. The molecule has 0 aliphatic carbocycles. The molecule has 3 aromatic rings. The van der Waals surface area contributed by atoms with E-state index in [0.717, 1.165) is 17.3 Å². The fraction of sp³-hybridized carbons (Fsp3) is 0.154. The zero-order valence-corrected chi connectivity index (χ0v) is 8.93. The third kappa shape index (κ3) is 1.18. The predicted octanol–water partition coefficient (Wildman–Crippen LogP) is 2.77. The Bertz CT molecular complexity index is 721. The van der Waals surface area contributed by atoms with Crippen molar-refractivity contribution in [2.75, 3.05) is 0 Å². The van der Waals surface area contributed by atoms with Gasteiger partial charge in [0, 0.05) is 35.1 Å². The summed E-state index contributed by atoms with van der Waals surface area (Å²) in [5, 5.41) is 2.12. The Labute approximate surface area is 91.9 Å². The van der Waals surface area contributed by atoms with Crippen molar-refractivity contribution in [3.05, 3.63) is 46.9 Å². The second-order valence-electron chi connectivity index (χ2n) is 3.77. The molecule has 0 fully saturated rings. The Morgan fingerprint density at radius 3 is 2.81 bits per heavy atom. The Kier molecular flexibility index (Phi) is 1.86. The Balaban J connectivity index is 2.50. The number of fused-ring (bicyclic) bond motifs is 3. The molecule has 16 heavy (non-hydrogen) atoms. The molecule has 0 atom stereocenters. The van der Waals surface area contributed by atoms with E-state index >= 15 is 0 Å². The SMILES string of the molecule is CCn1ccc2c3ccc(=O)oc3ccc21. The zero-order chi connectivity index (χ0) is 11.1. The minimum atomic E-state index is -0.304. The summed E-state index contributed by atoms with van der Waals surface area (Å²) in [6.07, 6.45) is 2.05. The molecule has 80 valence electrons. The number of nitrogens with zero attached hydrogens (tertiary/aromatic N) is 1. The van der Waals surface area contributed by atoms with Crippen molar-refractivity contribution >= 4 is 21.9 Å². The molecule has 0 amide bonds. The molecule has 0 radical (unpaired) electrons. The van der Waals surface area contributed by atoms with Crippen LogP contribution in [0.4, 0.5) is 0 Å². The van der Waals surface area contributed by atoms with Gasteiger partial charge in [0.15, 0.2) is 0 Å². The molecule has 0 unspecified atom stereocenters. The Hall–Kier alpha value is -2.03. The van der Waals surface area contributed by atoms with Gasteiger partial charge in [0.1, 0.15) is 5.58 Å². The highest BCUT2D eigenvalue weighted by molar-refractivity contribution is 6.04. The fourth-order valence-corrected chi connectivity index (χ4v) is 2.11. The standard InChI is InChI=1S/C13H11NO2/c1-2-14-8-7-9-10-3-6-13(15)16-12(10)5-4-11(9)14/h3-8H,2H2,1H3. The van der Waals surface area contributed by atoms with Gasteiger partial charge in [-0.05, 0) is 31.2 Å². The van der Waals surface area contributed by atoms with Crippen LogP contribution in [0.1, 0.15) is 6.92 Å². The summed E-state index contributed by atoms with van der Waals surface area (Å²) >= 11 is 0. The Morgan fingerprint density at radius 1 is 1.12 bits per heavy atom. The second kappa shape index (κ2) is 3.23. The van der Waals surface area contributed by atoms with Gasteiger partial charge in [0.25, 0.3) is 0 Å². The van der Waals surface area contributed by atoms with Gasteiger partial charge < -0.3 is 8.98 Å². The van der Waals surface area contributed by atoms with Crippen LogP contribution in [0.5, 0.6) is 0 Å². The van der Waals surface area contributed by atoms with Crippen molar-refractivity contribution in [2.45, 2.75) is 13.5 Å². The lowest BCUT2D eigenvalue weighted by atomic mass is 10.1. The molecule has 1 aromatic carbocycles. The van der Waals surface area contributed by atoms with E-state index in [1.807, 2.05) is 18.2 Å². The lowest BCUT2D eigenvalue weighted by Crippen LogP contribution is -1.95. The highest BCUT2D eigenvalue weighted by Crippen LogP contribution is 2.25. The van der Waals surface area contributed by atoms with Crippen molar-refractivity contribution < 1.29 is 4.42 Å². The van der Waals surface area contributed by atoms with Crippen LogP contribution >= 0.6 is 0 Å². The molecule has 2 heterocycles. The van der Waals surface area contributed by atoms with Gasteiger partial charge in [0.05, 0.1) is 0 Å². The van der Waals surface area contributed by atoms with E-state index in [2.05, 4.69) is 23.8 Å². The van der Waals surface area contributed by atoms with Gasteiger partial charge in [-0.3, -0.25) is 0 Å². The highest BCUT2D eigenvalue weighted by Gasteiger charge is 2.05. The summed E-state index contributed by atoms with van der Waals surface area (Å²) in [5.74, 6) is 0. The maximum absolute atomic E-state index is 11.1. The van der Waals surface area contributed by atoms with Gasteiger partial charge in [-0.25, -0.2) is 4.79 Å². The molecule has 0 spiro atoms. The molecule has 2 aromatic heterocycles. The first kappa shape index (κ1) is 9.21. The van der Waals surface area contributed by atoms with Gasteiger partial charge in [0.2, 0.25) is 0 Å². The Morgan fingerprint density at radius 2 is 2.00 bits per heavy atom. The monoisotopic (exact) mass is 213 g/mol. The topological polar surface area (TPSA) is 35.1 Å². The molecule has 0 aliphatic rings. The fourth-order valence-electron chi connectivity index (χ4n) is 2.11. The van der Waals surface area contributed by atoms with Gasteiger partial charge in [-0.1, -0.05) is 0 Å². The second-order valence-corrected chi connectivity index (χ2v) is 3.77. The number of rotatable bonds is 1. The third-order valence-electron chi connectivity index (χ3n) is 2.89. The smallest absolute Gasteiger partial charge is 0.336 e. The van der Waals surface area contributed by atoms with E-state index in [-0.39, 0.29) is 5.63 Å². The van der Waals surface area contributed by atoms with Crippen molar-refractivity contribution in [1.82, 2.24) is 4.57 Å². The summed E-state index contributed by atoms with van der Waals surface area (Å²) < 4.78 is 7.31. The van der Waals surface area contributed by atoms with Crippen LogP contribution in [0.3, 0.4) is 0 Å². The van der Waals surface area contributed by atoms with Crippen molar-refractivity contribution in [3.63, 3.8) is 0 Å². The van der Waals surface area contributed by atoms with E-state index in [9.17, 15) is 4.79 Å². The first-order valence-electron chi connectivity index (χ1n) is 5.31. The maximum Gasteiger partial charge on any atom is 0.336 e. The lowest BCUT2D eigenvalue weighted by molar-refractivity contribution is 0.561. The molecule has 3 rings (SSSR count). The van der Waals surface area contributed by atoms with Crippen LogP contribution in [0.25, 0.3) is 21.9 Å². The van der Waals surface area contributed by atoms with Crippen LogP contribution in [0, 0.1) is 0 Å². The van der Waals surface area contributed by atoms with Crippen LogP contribution in [0.15, 0.2) is 45.7 Å². The molecule has 3 nitrogen and oxygen atoms in total. The van der Waals surface area contributed by atoms with E-state index in [0.29, 0.717) is 5.58 Å². The highest BCUT2D eigenvalue weighted by atomic mass is 16.4. The first-order chi connectivity index (χ1) is 7.79. The van der Waals surface area contributed by atoms with Gasteiger partial charge >= 0.3 is 5.63 Å². The summed E-state index contributed by atoms with van der Waals surface area (Å²) in [7, 11) is 0. The van der Waals surface area contributed by atoms with Crippen molar-refractivity contribution in [2.24, 2.45) is 0 Å². The quantitative estimate of drug-likeness (QED) is 0.582. The molecular formula is C13H11NO2. The van der Waals surface area contributed by atoms with E-state index in [4.69, 9.17) is 4.42 Å². The number of hydrogen-bond donors (Lipinski definition) is 0. The van der Waals surface area contributed by atoms with Crippen molar-refractivity contribution in [3.8, 4) is 0 Å². The van der Waals surface area contributed by atoms with E-state index in [1.54, 1.807) is 0 Å². The van der Waals surface area contributed by atoms with Crippen molar-refractivity contribution in [1.29, 1.82) is 0 Å². The van der Waals surface area contributed by atoms with Gasteiger partial charge in [-0.15, -0.1) is 0 Å². The van der Waals surface area contributed by atoms with E-state index in [1.165, 1.54) is 11.6 Å². The predicted molar refractivity (Wildman–Crippen MR) is 63.7 cm³/mol. The number of aryl methyl sites for hydroxylation is 1. The normalized spacial score (nSPS) is 11.3. The average molecular weight is 213 g/mol. The summed E-state index contributed by atoms with van der Waals surface area (Å²) in [5.41, 5.74) is 1.51. The number of hydrogen-bond acceptors (Lipinski definition) is 2.